The van der Waals surface area contributed by atoms with E-state index in [1.807, 2.05) is 13.0 Å². The number of halogens is 1. The van der Waals surface area contributed by atoms with Crippen molar-refractivity contribution in [3.63, 3.8) is 0 Å². The van der Waals surface area contributed by atoms with Crippen molar-refractivity contribution in [3.8, 4) is 0 Å². The van der Waals surface area contributed by atoms with Gasteiger partial charge in [0.15, 0.2) is 0 Å². The Morgan fingerprint density at radius 3 is 2.42 bits per heavy atom. The van der Waals surface area contributed by atoms with Crippen LogP contribution in [0.5, 0.6) is 0 Å². The number of aliphatic carboxylic acids is 1. The Balaban J connectivity index is 2.13. The van der Waals surface area contributed by atoms with Gasteiger partial charge in [0.2, 0.25) is 5.91 Å². The van der Waals surface area contributed by atoms with Gasteiger partial charge in [0.05, 0.1) is 22.5 Å². The largest absolute Gasteiger partial charge is 0.481 e. The zero-order valence-electron chi connectivity index (χ0n) is 11.0. The second-order valence-corrected chi connectivity index (χ2v) is 5.99. The molecular weight excluding hydrogens is 266 g/mol. The first-order chi connectivity index (χ1) is 8.75. The molecule has 0 bridgehead atoms. The van der Waals surface area contributed by atoms with Crippen LogP contribution in [0, 0.1) is 24.2 Å². The lowest BCUT2D eigenvalue weighted by molar-refractivity contribution is -0.140. The van der Waals surface area contributed by atoms with Crippen LogP contribution in [-0.4, -0.2) is 17.0 Å². The number of carbonyl (C=O) groups excluding carboxylic acids is 1. The third-order valence-electron chi connectivity index (χ3n) is 3.76. The predicted molar refractivity (Wildman–Crippen MR) is 73.2 cm³/mol. The molecule has 1 aliphatic carbocycles. The maximum atomic E-state index is 12.1. The Morgan fingerprint density at radius 2 is 1.95 bits per heavy atom. The molecule has 0 saturated heterocycles. The minimum atomic E-state index is -0.930. The summed E-state index contributed by atoms with van der Waals surface area (Å²) in [6.45, 7) is 5.47. The van der Waals surface area contributed by atoms with Gasteiger partial charge in [0.25, 0.3) is 0 Å². The number of carbonyl (C=O) groups is 2. The lowest BCUT2D eigenvalue weighted by Crippen LogP contribution is -2.18. The molecule has 0 radical (unpaired) electrons. The van der Waals surface area contributed by atoms with Gasteiger partial charge in [0.1, 0.15) is 0 Å². The Kier molecular flexibility index (Phi) is 3.31. The van der Waals surface area contributed by atoms with Crippen molar-refractivity contribution in [2.75, 3.05) is 5.32 Å². The molecule has 0 heterocycles. The van der Waals surface area contributed by atoms with Crippen molar-refractivity contribution in [1.82, 2.24) is 0 Å². The van der Waals surface area contributed by atoms with E-state index in [0.29, 0.717) is 10.7 Å². The quantitative estimate of drug-likeness (QED) is 0.895. The monoisotopic (exact) mass is 281 g/mol. The highest BCUT2D eigenvalue weighted by molar-refractivity contribution is 6.33. The van der Waals surface area contributed by atoms with Crippen LogP contribution in [0.4, 0.5) is 5.69 Å². The van der Waals surface area contributed by atoms with Crippen LogP contribution in [0.3, 0.4) is 0 Å². The lowest BCUT2D eigenvalue weighted by atomic mass is 10.1. The summed E-state index contributed by atoms with van der Waals surface area (Å²) in [5, 5.41) is 12.2. The van der Waals surface area contributed by atoms with Crippen LogP contribution in [0.25, 0.3) is 0 Å². The van der Waals surface area contributed by atoms with E-state index >= 15 is 0 Å². The van der Waals surface area contributed by atoms with Gasteiger partial charge in [-0.05, 0) is 30.0 Å². The minimum absolute atomic E-state index is 0.289. The SMILES string of the molecule is Cc1ccc(NC(=O)C2C(C(=O)O)C2(C)C)c(Cl)c1. The van der Waals surface area contributed by atoms with Crippen LogP contribution < -0.4 is 5.32 Å². The number of benzene rings is 1. The van der Waals surface area contributed by atoms with E-state index in [4.69, 9.17) is 16.7 Å². The first-order valence-corrected chi connectivity index (χ1v) is 6.42. The number of carboxylic acid groups (broad SMARTS) is 1. The normalized spacial score (nSPS) is 23.8. The number of amides is 1. The number of aryl methyl sites for hydroxylation is 1. The third kappa shape index (κ3) is 2.45. The highest BCUT2D eigenvalue weighted by Gasteiger charge is 2.65. The second kappa shape index (κ2) is 4.53. The third-order valence-corrected chi connectivity index (χ3v) is 4.07. The van der Waals surface area contributed by atoms with Gasteiger partial charge in [0, 0.05) is 0 Å². The molecule has 1 aromatic carbocycles. The van der Waals surface area contributed by atoms with Crippen LogP contribution in [0.15, 0.2) is 18.2 Å². The summed E-state index contributed by atoms with van der Waals surface area (Å²) in [6, 6.07) is 5.32. The Labute approximate surface area is 116 Å². The number of carboxylic acids is 1. The summed E-state index contributed by atoms with van der Waals surface area (Å²) >= 11 is 6.04. The molecule has 2 rings (SSSR count). The molecule has 1 aromatic rings. The van der Waals surface area contributed by atoms with E-state index in [1.165, 1.54) is 0 Å². The van der Waals surface area contributed by atoms with Crippen molar-refractivity contribution in [2.45, 2.75) is 20.8 Å². The first kappa shape index (κ1) is 13.9. The summed E-state index contributed by atoms with van der Waals surface area (Å²) in [4.78, 5) is 23.2. The van der Waals surface area contributed by atoms with Gasteiger partial charge in [-0.25, -0.2) is 0 Å². The molecule has 1 saturated carbocycles. The summed E-state index contributed by atoms with van der Waals surface area (Å²) in [5.74, 6) is -2.36. The molecule has 0 aliphatic heterocycles. The van der Waals surface area contributed by atoms with Crippen LogP contribution in [-0.2, 0) is 9.59 Å². The molecule has 0 spiro atoms. The fourth-order valence-electron chi connectivity index (χ4n) is 2.52. The number of nitrogens with one attached hydrogen (secondary N) is 1. The smallest absolute Gasteiger partial charge is 0.307 e. The standard InChI is InChI=1S/C14H16ClNO3/c1-7-4-5-9(8(15)6-7)16-12(17)10-11(13(18)19)14(10,2)3/h4-6,10-11H,1-3H3,(H,16,17)(H,18,19). The molecular formula is C14H16ClNO3. The van der Waals surface area contributed by atoms with Crippen LogP contribution >= 0.6 is 11.6 Å². The van der Waals surface area contributed by atoms with Gasteiger partial charge < -0.3 is 10.4 Å². The summed E-state index contributed by atoms with van der Waals surface area (Å²) in [6.07, 6.45) is 0. The highest BCUT2D eigenvalue weighted by atomic mass is 35.5. The molecule has 2 unspecified atom stereocenters. The minimum Gasteiger partial charge on any atom is -0.481 e. The van der Waals surface area contributed by atoms with Gasteiger partial charge in [-0.1, -0.05) is 31.5 Å². The average molecular weight is 282 g/mol. The molecule has 2 atom stereocenters. The van der Waals surface area contributed by atoms with Gasteiger partial charge in [-0.2, -0.15) is 0 Å². The Bertz CT molecular complexity index is 554. The van der Waals surface area contributed by atoms with E-state index in [-0.39, 0.29) is 5.91 Å². The topological polar surface area (TPSA) is 66.4 Å². The lowest BCUT2D eigenvalue weighted by Gasteiger charge is -2.08. The Morgan fingerprint density at radius 1 is 1.32 bits per heavy atom. The van der Waals surface area contributed by atoms with Gasteiger partial charge >= 0.3 is 5.97 Å². The summed E-state index contributed by atoms with van der Waals surface area (Å²) in [5.41, 5.74) is 1.01. The average Bonchev–Trinajstić information content (AvgIpc) is 2.86. The number of anilines is 1. The van der Waals surface area contributed by atoms with E-state index in [1.54, 1.807) is 26.0 Å². The van der Waals surface area contributed by atoms with E-state index in [2.05, 4.69) is 5.32 Å². The molecule has 1 amide bonds. The van der Waals surface area contributed by atoms with Crippen LogP contribution in [0.1, 0.15) is 19.4 Å². The number of rotatable bonds is 3. The molecule has 5 heteroatoms. The van der Waals surface area contributed by atoms with E-state index < -0.39 is 23.2 Å². The van der Waals surface area contributed by atoms with E-state index in [9.17, 15) is 9.59 Å². The zero-order valence-corrected chi connectivity index (χ0v) is 11.8. The molecule has 2 N–H and O–H groups in total. The maximum absolute atomic E-state index is 12.1. The molecule has 4 nitrogen and oxygen atoms in total. The maximum Gasteiger partial charge on any atom is 0.307 e. The summed E-state index contributed by atoms with van der Waals surface area (Å²) in [7, 11) is 0. The van der Waals surface area contributed by atoms with Crippen LogP contribution in [0.2, 0.25) is 5.02 Å². The highest BCUT2D eigenvalue weighted by Crippen LogP contribution is 2.58. The molecule has 1 fully saturated rings. The van der Waals surface area contributed by atoms with Crippen molar-refractivity contribution in [1.29, 1.82) is 0 Å². The molecule has 19 heavy (non-hydrogen) atoms. The predicted octanol–water partition coefficient (Wildman–Crippen LogP) is 2.94. The van der Waals surface area contributed by atoms with Crippen molar-refractivity contribution < 1.29 is 14.7 Å². The first-order valence-electron chi connectivity index (χ1n) is 6.05. The van der Waals surface area contributed by atoms with Crippen molar-refractivity contribution in [3.05, 3.63) is 28.8 Å². The van der Waals surface area contributed by atoms with Gasteiger partial charge in [-0.15, -0.1) is 0 Å². The number of hydrogen-bond donors (Lipinski definition) is 2. The molecule has 0 aromatic heterocycles. The van der Waals surface area contributed by atoms with Crippen molar-refractivity contribution in [2.24, 2.45) is 17.3 Å². The second-order valence-electron chi connectivity index (χ2n) is 5.59. The number of hydrogen-bond acceptors (Lipinski definition) is 2. The molecule has 102 valence electrons. The van der Waals surface area contributed by atoms with E-state index in [0.717, 1.165) is 5.56 Å². The Hall–Kier alpha value is -1.55. The fourth-order valence-corrected chi connectivity index (χ4v) is 2.80. The van der Waals surface area contributed by atoms with Crippen molar-refractivity contribution >= 4 is 29.2 Å². The fraction of sp³-hybridized carbons (Fsp3) is 0.429. The summed E-state index contributed by atoms with van der Waals surface area (Å²) < 4.78 is 0. The molecule has 1 aliphatic rings. The zero-order chi connectivity index (χ0) is 14.4. The van der Waals surface area contributed by atoms with Gasteiger partial charge in [-0.3, -0.25) is 9.59 Å².